The van der Waals surface area contributed by atoms with Crippen LogP contribution >= 0.6 is 11.3 Å². The summed E-state index contributed by atoms with van der Waals surface area (Å²) in [6.45, 7) is 7.17. The van der Waals surface area contributed by atoms with Gasteiger partial charge < -0.3 is 10.2 Å². The molecule has 3 aromatic heterocycles. The van der Waals surface area contributed by atoms with E-state index in [1.807, 2.05) is 44.2 Å². The molecule has 4 heterocycles. The summed E-state index contributed by atoms with van der Waals surface area (Å²) < 4.78 is 0. The highest BCUT2D eigenvalue weighted by Crippen LogP contribution is 2.37. The Morgan fingerprint density at radius 3 is 2.87 bits per heavy atom. The van der Waals surface area contributed by atoms with E-state index in [-0.39, 0.29) is 5.91 Å². The summed E-state index contributed by atoms with van der Waals surface area (Å²) in [4.78, 5) is 31.0. The van der Waals surface area contributed by atoms with Crippen molar-refractivity contribution in [1.82, 2.24) is 15.0 Å². The summed E-state index contributed by atoms with van der Waals surface area (Å²) >= 11 is 1.44. The van der Waals surface area contributed by atoms with Gasteiger partial charge in [0.25, 0.3) is 5.91 Å². The van der Waals surface area contributed by atoms with Crippen LogP contribution in [-0.4, -0.2) is 33.4 Å². The van der Waals surface area contributed by atoms with Gasteiger partial charge in [0.05, 0.1) is 27.7 Å². The topological polar surface area (TPSA) is 71.0 Å². The van der Waals surface area contributed by atoms with Gasteiger partial charge in [0.15, 0.2) is 0 Å². The van der Waals surface area contributed by atoms with Gasteiger partial charge in [0.1, 0.15) is 16.5 Å². The van der Waals surface area contributed by atoms with E-state index in [0.717, 1.165) is 51.3 Å². The van der Waals surface area contributed by atoms with Crippen LogP contribution in [0.1, 0.15) is 47.2 Å². The van der Waals surface area contributed by atoms with E-state index in [4.69, 9.17) is 4.98 Å². The second-order valence-electron chi connectivity index (χ2n) is 8.24. The Labute approximate surface area is 185 Å². The molecular formula is C24H25N5OS. The maximum Gasteiger partial charge on any atom is 0.266 e. The lowest BCUT2D eigenvalue weighted by atomic mass is 10.0. The van der Waals surface area contributed by atoms with Crippen LogP contribution in [0.2, 0.25) is 0 Å². The van der Waals surface area contributed by atoms with Crippen molar-refractivity contribution >= 4 is 49.9 Å². The van der Waals surface area contributed by atoms with E-state index in [1.54, 1.807) is 6.20 Å². The molecule has 1 aromatic carbocycles. The van der Waals surface area contributed by atoms with Crippen LogP contribution in [-0.2, 0) is 0 Å². The highest BCUT2D eigenvalue weighted by molar-refractivity contribution is 7.20. The van der Waals surface area contributed by atoms with Gasteiger partial charge in [-0.3, -0.25) is 9.78 Å². The van der Waals surface area contributed by atoms with E-state index < -0.39 is 0 Å². The van der Waals surface area contributed by atoms with Crippen molar-refractivity contribution in [1.29, 1.82) is 0 Å². The molecule has 0 saturated carbocycles. The minimum Gasteiger partial charge on any atom is -0.353 e. The molecule has 0 aliphatic carbocycles. The molecule has 1 N–H and O–H groups in total. The Morgan fingerprint density at radius 2 is 2.03 bits per heavy atom. The molecule has 4 aromatic rings. The first kappa shape index (κ1) is 19.9. The fraction of sp³-hybridized carbons (Fsp3) is 0.333. The van der Waals surface area contributed by atoms with Gasteiger partial charge in [-0.15, -0.1) is 11.3 Å². The molecular weight excluding hydrogens is 406 g/mol. The Hall–Kier alpha value is -3.06. The van der Waals surface area contributed by atoms with Gasteiger partial charge in [-0.1, -0.05) is 18.2 Å². The van der Waals surface area contributed by atoms with Gasteiger partial charge in [0.2, 0.25) is 0 Å². The molecule has 7 heteroatoms. The number of benzene rings is 1. The summed E-state index contributed by atoms with van der Waals surface area (Å²) in [5, 5.41) is 5.02. The Kier molecular flexibility index (Phi) is 5.06. The zero-order valence-electron chi connectivity index (χ0n) is 18.0. The molecule has 0 spiro atoms. The molecule has 0 bridgehead atoms. The van der Waals surface area contributed by atoms with E-state index >= 15 is 0 Å². The number of thiophene rings is 1. The molecule has 5 rings (SSSR count). The number of nitrogens with one attached hydrogen (secondary N) is 1. The molecule has 1 amide bonds. The number of amides is 1. The van der Waals surface area contributed by atoms with Crippen molar-refractivity contribution in [2.45, 2.75) is 46.1 Å². The number of anilines is 2. The molecule has 1 aliphatic heterocycles. The first-order valence-corrected chi connectivity index (χ1v) is 11.5. The predicted octanol–water partition coefficient (Wildman–Crippen LogP) is 5.49. The number of carbonyl (C=O) groups is 1. The number of rotatable bonds is 3. The third kappa shape index (κ3) is 3.63. The number of hydrogen-bond acceptors (Lipinski definition) is 6. The summed E-state index contributed by atoms with van der Waals surface area (Å²) in [6, 6.07) is 10.3. The molecule has 0 unspecified atom stereocenters. The number of piperidine rings is 1. The first-order valence-electron chi connectivity index (χ1n) is 10.7. The summed E-state index contributed by atoms with van der Waals surface area (Å²) in [7, 11) is 0. The number of hydrogen-bond donors (Lipinski definition) is 1. The summed E-state index contributed by atoms with van der Waals surface area (Å²) in [5.41, 5.74) is 2.54. The summed E-state index contributed by atoms with van der Waals surface area (Å²) in [6.07, 6.45) is 5.28. The Balaban J connectivity index is 1.53. The second-order valence-corrected chi connectivity index (χ2v) is 9.24. The normalized spacial score (nSPS) is 16.7. The van der Waals surface area contributed by atoms with Gasteiger partial charge in [-0.25, -0.2) is 9.97 Å². The molecule has 158 valence electrons. The average Bonchev–Trinajstić information content (AvgIpc) is 3.10. The highest BCUT2D eigenvalue weighted by Gasteiger charge is 2.26. The third-order valence-electron chi connectivity index (χ3n) is 6.01. The number of carbonyl (C=O) groups excluding carboxylic acids is 1. The first-order chi connectivity index (χ1) is 15.0. The van der Waals surface area contributed by atoms with Gasteiger partial charge in [-0.05, 0) is 57.7 Å². The Bertz CT molecular complexity index is 1300. The number of nitrogens with zero attached hydrogens (tertiary/aromatic N) is 4. The number of aromatic nitrogens is 3. The van der Waals surface area contributed by atoms with Crippen molar-refractivity contribution in [2.24, 2.45) is 0 Å². The lowest BCUT2D eigenvalue weighted by Gasteiger charge is -2.35. The standard InChI is InChI=1S/C24H25N5OS/c1-14-8-6-7-11-29(14)22-20-15(2)21(31-24(20)27-16(3)26-22)23(30)28-18-12-17-9-4-5-10-19(17)25-13-18/h4-5,9-10,12-14H,6-8,11H2,1-3H3,(H,28,30)/t14-/m0/s1. The van der Waals surface area contributed by atoms with Gasteiger partial charge >= 0.3 is 0 Å². The van der Waals surface area contributed by atoms with Crippen molar-refractivity contribution in [3.63, 3.8) is 0 Å². The lowest BCUT2D eigenvalue weighted by Crippen LogP contribution is -2.38. The lowest BCUT2D eigenvalue weighted by molar-refractivity contribution is 0.103. The fourth-order valence-corrected chi connectivity index (χ4v) is 5.50. The molecule has 1 atom stereocenters. The van der Waals surface area contributed by atoms with Crippen LogP contribution in [0.25, 0.3) is 21.1 Å². The molecule has 6 nitrogen and oxygen atoms in total. The van der Waals surface area contributed by atoms with Crippen LogP contribution in [0.5, 0.6) is 0 Å². The van der Waals surface area contributed by atoms with E-state index in [1.165, 1.54) is 24.2 Å². The van der Waals surface area contributed by atoms with Crippen LogP contribution in [0.4, 0.5) is 11.5 Å². The van der Waals surface area contributed by atoms with E-state index in [9.17, 15) is 4.79 Å². The maximum atomic E-state index is 13.2. The number of fused-ring (bicyclic) bond motifs is 2. The van der Waals surface area contributed by atoms with Gasteiger partial charge in [-0.2, -0.15) is 0 Å². The average molecular weight is 432 g/mol. The van der Waals surface area contributed by atoms with Crippen LogP contribution < -0.4 is 10.2 Å². The number of pyridine rings is 1. The SMILES string of the molecule is Cc1nc(N2CCCC[C@@H]2C)c2c(C)c(C(=O)Nc3cnc4ccccc4c3)sc2n1. The van der Waals surface area contributed by atoms with Crippen molar-refractivity contribution in [2.75, 3.05) is 16.8 Å². The predicted molar refractivity (Wildman–Crippen MR) is 127 cm³/mol. The monoisotopic (exact) mass is 431 g/mol. The van der Waals surface area contributed by atoms with Crippen LogP contribution in [0.3, 0.4) is 0 Å². The highest BCUT2D eigenvalue weighted by atomic mass is 32.1. The zero-order valence-corrected chi connectivity index (χ0v) is 18.8. The second kappa shape index (κ2) is 7.89. The summed E-state index contributed by atoms with van der Waals surface area (Å²) in [5.74, 6) is 1.58. The molecule has 1 saturated heterocycles. The van der Waals surface area contributed by atoms with Crippen molar-refractivity contribution in [3.8, 4) is 0 Å². The Morgan fingerprint density at radius 1 is 1.19 bits per heavy atom. The molecule has 1 fully saturated rings. The maximum absolute atomic E-state index is 13.2. The van der Waals surface area contributed by atoms with Crippen molar-refractivity contribution in [3.05, 3.63) is 52.8 Å². The minimum absolute atomic E-state index is 0.132. The molecule has 1 aliphatic rings. The smallest absolute Gasteiger partial charge is 0.266 e. The molecule has 31 heavy (non-hydrogen) atoms. The van der Waals surface area contributed by atoms with Crippen molar-refractivity contribution < 1.29 is 4.79 Å². The third-order valence-corrected chi connectivity index (χ3v) is 7.20. The quantitative estimate of drug-likeness (QED) is 0.465. The fourth-order valence-electron chi connectivity index (χ4n) is 4.39. The number of para-hydroxylation sites is 1. The van der Waals surface area contributed by atoms with E-state index in [2.05, 4.69) is 27.1 Å². The minimum atomic E-state index is -0.132. The largest absolute Gasteiger partial charge is 0.353 e. The number of aryl methyl sites for hydroxylation is 2. The molecule has 0 radical (unpaired) electrons. The zero-order chi connectivity index (χ0) is 21.5. The van der Waals surface area contributed by atoms with E-state index in [0.29, 0.717) is 16.6 Å². The van der Waals surface area contributed by atoms with Gasteiger partial charge in [0, 0.05) is 18.0 Å². The van der Waals surface area contributed by atoms with Crippen LogP contribution in [0, 0.1) is 13.8 Å². The van der Waals surface area contributed by atoms with Crippen LogP contribution in [0.15, 0.2) is 36.5 Å².